The van der Waals surface area contributed by atoms with Crippen LogP contribution in [0.2, 0.25) is 0 Å². The summed E-state index contributed by atoms with van der Waals surface area (Å²) in [7, 11) is 1.45. The van der Waals surface area contributed by atoms with E-state index in [2.05, 4.69) is 16.0 Å². The molecule has 3 aromatic rings. The molecule has 1 fully saturated rings. The molecule has 0 spiro atoms. The van der Waals surface area contributed by atoms with Gasteiger partial charge in [-0.15, -0.1) is 0 Å². The first-order chi connectivity index (χ1) is 16.4. The van der Waals surface area contributed by atoms with E-state index < -0.39 is 11.7 Å². The molecular weight excluding hydrogens is 439 g/mol. The largest absolute Gasteiger partial charge is 0.495 e. The van der Waals surface area contributed by atoms with E-state index in [4.69, 9.17) is 4.74 Å². The van der Waals surface area contributed by atoms with Gasteiger partial charge in [0.25, 0.3) is 11.8 Å². The highest BCUT2D eigenvalue weighted by Gasteiger charge is 2.23. The first-order valence-electron chi connectivity index (χ1n) is 10.6. The third kappa shape index (κ3) is 4.83. The number of methoxy groups -OCH3 is 1. The van der Waals surface area contributed by atoms with Gasteiger partial charge in [0.1, 0.15) is 11.6 Å². The summed E-state index contributed by atoms with van der Waals surface area (Å²) in [5.74, 6) is -1.01. The second-order valence-electron chi connectivity index (χ2n) is 7.72. The number of nitrogens with zero attached hydrogens (tertiary/aromatic N) is 1. The van der Waals surface area contributed by atoms with Gasteiger partial charge in [-0.1, -0.05) is 6.07 Å². The van der Waals surface area contributed by atoms with Gasteiger partial charge in [0, 0.05) is 35.6 Å². The Morgan fingerprint density at radius 2 is 1.76 bits per heavy atom. The SMILES string of the molecule is COc1ccc(NC(=O)c2ccc(N3CCNC3=O)c(C)c2)cc1NC(=O)c1cccc(F)c1. The molecule has 1 saturated heterocycles. The Morgan fingerprint density at radius 3 is 2.44 bits per heavy atom. The maximum Gasteiger partial charge on any atom is 0.322 e. The number of carbonyl (C=O) groups is 3. The van der Waals surface area contributed by atoms with E-state index >= 15 is 0 Å². The zero-order chi connectivity index (χ0) is 24.2. The molecule has 0 saturated carbocycles. The van der Waals surface area contributed by atoms with Gasteiger partial charge in [-0.3, -0.25) is 14.5 Å². The molecule has 0 radical (unpaired) electrons. The number of halogens is 1. The van der Waals surface area contributed by atoms with Crippen molar-refractivity contribution in [2.24, 2.45) is 0 Å². The summed E-state index contributed by atoms with van der Waals surface area (Å²) in [6.45, 7) is 2.99. The molecule has 4 amide bonds. The van der Waals surface area contributed by atoms with Crippen LogP contribution in [0, 0.1) is 12.7 Å². The number of aryl methyl sites for hydroxylation is 1. The lowest BCUT2D eigenvalue weighted by Crippen LogP contribution is -2.28. The van der Waals surface area contributed by atoms with E-state index in [1.807, 2.05) is 6.92 Å². The molecule has 1 aliphatic heterocycles. The summed E-state index contributed by atoms with van der Waals surface area (Å²) in [6, 6.07) is 15.1. The van der Waals surface area contributed by atoms with Crippen molar-refractivity contribution in [1.82, 2.24) is 5.32 Å². The highest BCUT2D eigenvalue weighted by Crippen LogP contribution is 2.29. The van der Waals surface area contributed by atoms with Gasteiger partial charge in [-0.2, -0.15) is 0 Å². The van der Waals surface area contributed by atoms with Crippen LogP contribution in [-0.2, 0) is 0 Å². The third-order valence-electron chi connectivity index (χ3n) is 5.40. The zero-order valence-corrected chi connectivity index (χ0v) is 18.6. The molecule has 0 atom stereocenters. The molecule has 1 heterocycles. The summed E-state index contributed by atoms with van der Waals surface area (Å²) >= 11 is 0. The van der Waals surface area contributed by atoms with Crippen LogP contribution in [0.25, 0.3) is 0 Å². The van der Waals surface area contributed by atoms with Gasteiger partial charge in [-0.05, 0) is 67.1 Å². The smallest absolute Gasteiger partial charge is 0.322 e. The fourth-order valence-electron chi connectivity index (χ4n) is 3.71. The Bertz CT molecular complexity index is 1280. The second kappa shape index (κ2) is 9.62. The van der Waals surface area contributed by atoms with Crippen LogP contribution >= 0.6 is 0 Å². The molecule has 1 aliphatic rings. The minimum Gasteiger partial charge on any atom is -0.495 e. The number of urea groups is 1. The van der Waals surface area contributed by atoms with E-state index in [1.165, 1.54) is 25.3 Å². The number of hydrogen-bond acceptors (Lipinski definition) is 4. The number of carbonyl (C=O) groups excluding carboxylic acids is 3. The van der Waals surface area contributed by atoms with E-state index in [-0.39, 0.29) is 17.5 Å². The summed E-state index contributed by atoms with van der Waals surface area (Å²) in [4.78, 5) is 38.9. The standard InChI is InChI=1S/C25H23FN4O4/c1-15-12-17(6-8-21(15)30-11-10-27-25(30)33)23(31)28-19-7-9-22(34-2)20(14-19)29-24(32)16-4-3-5-18(26)13-16/h3-9,12-14H,10-11H2,1-2H3,(H,27,33)(H,28,31)(H,29,32). The van der Waals surface area contributed by atoms with Crippen molar-refractivity contribution in [1.29, 1.82) is 0 Å². The van der Waals surface area contributed by atoms with Gasteiger partial charge >= 0.3 is 6.03 Å². The lowest BCUT2D eigenvalue weighted by Gasteiger charge is -2.18. The Kier molecular flexibility index (Phi) is 6.44. The minimum absolute atomic E-state index is 0.152. The summed E-state index contributed by atoms with van der Waals surface area (Å²) in [5, 5.41) is 8.24. The van der Waals surface area contributed by atoms with E-state index in [0.29, 0.717) is 35.8 Å². The van der Waals surface area contributed by atoms with Crippen LogP contribution in [0.4, 0.5) is 26.2 Å². The Labute approximate surface area is 195 Å². The summed E-state index contributed by atoms with van der Waals surface area (Å²) in [6.07, 6.45) is 0. The van der Waals surface area contributed by atoms with Crippen molar-refractivity contribution in [2.45, 2.75) is 6.92 Å². The number of anilines is 3. The third-order valence-corrected chi connectivity index (χ3v) is 5.40. The van der Waals surface area contributed by atoms with Crippen LogP contribution < -0.4 is 25.6 Å². The maximum absolute atomic E-state index is 13.5. The molecule has 4 rings (SSSR count). The molecule has 34 heavy (non-hydrogen) atoms. The molecule has 9 heteroatoms. The van der Waals surface area contributed by atoms with Crippen LogP contribution in [-0.4, -0.2) is 38.0 Å². The Hall–Kier alpha value is -4.40. The van der Waals surface area contributed by atoms with Crippen LogP contribution in [0.3, 0.4) is 0 Å². The van der Waals surface area contributed by atoms with E-state index in [9.17, 15) is 18.8 Å². The fourth-order valence-corrected chi connectivity index (χ4v) is 3.71. The van der Waals surface area contributed by atoms with Crippen molar-refractivity contribution >= 4 is 34.9 Å². The van der Waals surface area contributed by atoms with Crippen molar-refractivity contribution in [2.75, 3.05) is 35.7 Å². The molecule has 0 bridgehead atoms. The number of ether oxygens (including phenoxy) is 1. The predicted octanol–water partition coefficient (Wildman–Crippen LogP) is 4.18. The highest BCUT2D eigenvalue weighted by atomic mass is 19.1. The average Bonchev–Trinajstić information content (AvgIpc) is 3.24. The topological polar surface area (TPSA) is 99.8 Å². The summed E-state index contributed by atoms with van der Waals surface area (Å²) < 4.78 is 18.8. The first kappa shape index (κ1) is 22.8. The number of rotatable bonds is 6. The van der Waals surface area contributed by atoms with Crippen LogP contribution in [0.15, 0.2) is 60.7 Å². The molecule has 0 unspecified atom stereocenters. The van der Waals surface area contributed by atoms with Crippen molar-refractivity contribution in [3.05, 3.63) is 83.2 Å². The van der Waals surface area contributed by atoms with Crippen molar-refractivity contribution in [3.8, 4) is 5.75 Å². The Balaban J connectivity index is 1.51. The number of nitrogens with one attached hydrogen (secondary N) is 3. The maximum atomic E-state index is 13.5. The van der Waals surface area contributed by atoms with Gasteiger partial charge in [0.05, 0.1) is 12.8 Å². The average molecular weight is 462 g/mol. The number of benzene rings is 3. The lowest BCUT2D eigenvalue weighted by molar-refractivity contribution is 0.101. The van der Waals surface area contributed by atoms with Crippen molar-refractivity contribution in [3.63, 3.8) is 0 Å². The molecular formula is C25H23FN4O4. The Morgan fingerprint density at radius 1 is 1.00 bits per heavy atom. The van der Waals surface area contributed by atoms with Gasteiger partial charge in [0.2, 0.25) is 0 Å². The highest BCUT2D eigenvalue weighted by molar-refractivity contribution is 6.07. The molecule has 3 N–H and O–H groups in total. The fraction of sp³-hybridized carbons (Fsp3) is 0.160. The van der Waals surface area contributed by atoms with Crippen LogP contribution in [0.5, 0.6) is 5.75 Å². The van der Waals surface area contributed by atoms with Crippen LogP contribution in [0.1, 0.15) is 26.3 Å². The first-order valence-corrected chi connectivity index (χ1v) is 10.6. The zero-order valence-electron chi connectivity index (χ0n) is 18.6. The van der Waals surface area contributed by atoms with Gasteiger partial charge in [-0.25, -0.2) is 9.18 Å². The number of hydrogen-bond donors (Lipinski definition) is 3. The van der Waals surface area contributed by atoms with E-state index in [0.717, 1.165) is 17.3 Å². The number of amides is 4. The summed E-state index contributed by atoms with van der Waals surface area (Å²) in [5.41, 5.74) is 2.86. The lowest BCUT2D eigenvalue weighted by atomic mass is 10.1. The minimum atomic E-state index is -0.521. The molecule has 0 aliphatic carbocycles. The molecule has 0 aromatic heterocycles. The van der Waals surface area contributed by atoms with Gasteiger partial charge < -0.3 is 20.7 Å². The van der Waals surface area contributed by atoms with E-state index in [1.54, 1.807) is 41.3 Å². The monoisotopic (exact) mass is 462 g/mol. The second-order valence-corrected chi connectivity index (χ2v) is 7.72. The molecule has 174 valence electrons. The quantitative estimate of drug-likeness (QED) is 0.512. The predicted molar refractivity (Wildman–Crippen MR) is 127 cm³/mol. The van der Waals surface area contributed by atoms with Gasteiger partial charge in [0.15, 0.2) is 0 Å². The van der Waals surface area contributed by atoms with Crippen molar-refractivity contribution < 1.29 is 23.5 Å². The normalized spacial score (nSPS) is 12.8. The molecule has 3 aromatic carbocycles. The molecule has 8 nitrogen and oxygen atoms in total.